The smallest absolute Gasteiger partial charge is 0.142 e. The van der Waals surface area contributed by atoms with Crippen molar-refractivity contribution in [2.75, 3.05) is 25.1 Å². The number of nitrogens with zero attached hydrogens (tertiary/aromatic N) is 1. The molecule has 0 aliphatic carbocycles. The predicted molar refractivity (Wildman–Crippen MR) is 76.6 cm³/mol. The molecule has 1 aromatic carbocycles. The topological polar surface area (TPSA) is 24.5 Å². The van der Waals surface area contributed by atoms with E-state index in [4.69, 9.17) is 4.74 Å². The van der Waals surface area contributed by atoms with Crippen molar-refractivity contribution in [1.29, 1.82) is 0 Å². The van der Waals surface area contributed by atoms with Gasteiger partial charge in [-0.3, -0.25) is 0 Å². The van der Waals surface area contributed by atoms with E-state index >= 15 is 0 Å². The lowest BCUT2D eigenvalue weighted by atomic mass is 10.1. The van der Waals surface area contributed by atoms with E-state index in [1.165, 1.54) is 17.7 Å². The summed E-state index contributed by atoms with van der Waals surface area (Å²) in [6.45, 7) is 8.83. The van der Waals surface area contributed by atoms with E-state index in [-0.39, 0.29) is 0 Å². The predicted octanol–water partition coefficient (Wildman–Crippen LogP) is 2.58. The Morgan fingerprint density at radius 1 is 1.28 bits per heavy atom. The molecule has 0 bridgehead atoms. The third-order valence-corrected chi connectivity index (χ3v) is 3.74. The largest absolute Gasteiger partial charge is 0.495 e. The van der Waals surface area contributed by atoms with Crippen LogP contribution in [0.25, 0.3) is 0 Å². The number of hydrogen-bond donors (Lipinski definition) is 1. The summed E-state index contributed by atoms with van der Waals surface area (Å²) in [7, 11) is 1.75. The first-order valence-electron chi connectivity index (χ1n) is 6.77. The van der Waals surface area contributed by atoms with E-state index in [2.05, 4.69) is 49.2 Å². The first kappa shape index (κ1) is 13.2. The van der Waals surface area contributed by atoms with Gasteiger partial charge in [0.1, 0.15) is 5.75 Å². The molecular formula is C15H24N2O. The first-order chi connectivity index (χ1) is 8.63. The highest BCUT2D eigenvalue weighted by Gasteiger charge is 2.25. The van der Waals surface area contributed by atoms with Crippen LogP contribution in [0.1, 0.15) is 25.8 Å². The molecular weight excluding hydrogens is 224 g/mol. The molecule has 2 unspecified atom stereocenters. The monoisotopic (exact) mass is 248 g/mol. The van der Waals surface area contributed by atoms with Gasteiger partial charge in [-0.15, -0.1) is 0 Å². The fourth-order valence-corrected chi connectivity index (χ4v) is 2.77. The molecule has 1 aliphatic rings. The van der Waals surface area contributed by atoms with E-state index in [0.29, 0.717) is 12.1 Å². The van der Waals surface area contributed by atoms with Gasteiger partial charge < -0.3 is 15.0 Å². The zero-order valence-corrected chi connectivity index (χ0v) is 11.9. The average molecular weight is 248 g/mol. The number of aryl methyl sites for hydroxylation is 1. The molecule has 1 heterocycles. The third-order valence-electron chi connectivity index (χ3n) is 3.74. The minimum atomic E-state index is 0.484. The Labute approximate surface area is 110 Å². The average Bonchev–Trinajstić information content (AvgIpc) is 2.50. The van der Waals surface area contributed by atoms with E-state index < -0.39 is 0 Å². The van der Waals surface area contributed by atoms with Gasteiger partial charge in [0.2, 0.25) is 0 Å². The van der Waals surface area contributed by atoms with Gasteiger partial charge in [0.15, 0.2) is 0 Å². The molecule has 0 amide bonds. The van der Waals surface area contributed by atoms with Crippen molar-refractivity contribution >= 4 is 5.69 Å². The van der Waals surface area contributed by atoms with Gasteiger partial charge in [-0.25, -0.2) is 0 Å². The second-order valence-corrected chi connectivity index (χ2v) is 5.27. The van der Waals surface area contributed by atoms with Crippen molar-refractivity contribution in [3.05, 3.63) is 23.8 Å². The number of hydrogen-bond acceptors (Lipinski definition) is 3. The van der Waals surface area contributed by atoms with Gasteiger partial charge in [0.05, 0.1) is 12.8 Å². The molecule has 3 nitrogen and oxygen atoms in total. The molecule has 100 valence electrons. The molecule has 1 aromatic rings. The standard InChI is InChI=1S/C15H24N2O/c1-11-5-6-15(18-4)14(9-11)17-12(2)7-8-16-10-13(17)3/h5-6,9,12-13,16H,7-8,10H2,1-4H3. The molecule has 18 heavy (non-hydrogen) atoms. The zero-order chi connectivity index (χ0) is 13.1. The Morgan fingerprint density at radius 3 is 2.78 bits per heavy atom. The third kappa shape index (κ3) is 2.61. The fourth-order valence-electron chi connectivity index (χ4n) is 2.77. The van der Waals surface area contributed by atoms with Crippen LogP contribution in [0.15, 0.2) is 18.2 Å². The Morgan fingerprint density at radius 2 is 2.06 bits per heavy atom. The summed E-state index contributed by atoms with van der Waals surface area (Å²) >= 11 is 0. The number of benzene rings is 1. The summed E-state index contributed by atoms with van der Waals surface area (Å²) in [6.07, 6.45) is 1.17. The molecule has 2 rings (SSSR count). The van der Waals surface area contributed by atoms with Crippen LogP contribution < -0.4 is 15.0 Å². The summed E-state index contributed by atoms with van der Waals surface area (Å²) in [5, 5.41) is 3.50. The Kier molecular flexibility index (Phi) is 4.12. The maximum Gasteiger partial charge on any atom is 0.142 e. The van der Waals surface area contributed by atoms with Gasteiger partial charge >= 0.3 is 0 Å². The number of methoxy groups -OCH3 is 1. The molecule has 0 spiro atoms. The molecule has 1 N–H and O–H groups in total. The lowest BCUT2D eigenvalue weighted by molar-refractivity contribution is 0.410. The molecule has 1 saturated heterocycles. The van der Waals surface area contributed by atoms with Crippen molar-refractivity contribution in [3.8, 4) is 5.75 Å². The molecule has 1 fully saturated rings. The molecule has 0 aromatic heterocycles. The van der Waals surface area contributed by atoms with Crippen LogP contribution in [0.3, 0.4) is 0 Å². The van der Waals surface area contributed by atoms with Gasteiger partial charge in [-0.05, 0) is 51.4 Å². The van der Waals surface area contributed by atoms with Crippen LogP contribution in [0, 0.1) is 6.92 Å². The van der Waals surface area contributed by atoms with Crippen LogP contribution in [-0.2, 0) is 0 Å². The van der Waals surface area contributed by atoms with E-state index in [1.807, 2.05) is 0 Å². The summed E-state index contributed by atoms with van der Waals surface area (Å²) < 4.78 is 5.53. The highest BCUT2D eigenvalue weighted by atomic mass is 16.5. The second-order valence-electron chi connectivity index (χ2n) is 5.27. The van der Waals surface area contributed by atoms with E-state index in [0.717, 1.165) is 18.8 Å². The van der Waals surface area contributed by atoms with Crippen molar-refractivity contribution in [1.82, 2.24) is 5.32 Å². The highest BCUT2D eigenvalue weighted by molar-refractivity contribution is 5.61. The lowest BCUT2D eigenvalue weighted by Gasteiger charge is -2.35. The van der Waals surface area contributed by atoms with Crippen LogP contribution in [-0.4, -0.2) is 32.3 Å². The van der Waals surface area contributed by atoms with Crippen molar-refractivity contribution in [3.63, 3.8) is 0 Å². The minimum absolute atomic E-state index is 0.484. The number of ether oxygens (including phenoxy) is 1. The van der Waals surface area contributed by atoms with Crippen LogP contribution in [0.2, 0.25) is 0 Å². The molecule has 3 heteroatoms. The van der Waals surface area contributed by atoms with Crippen molar-refractivity contribution < 1.29 is 4.74 Å². The first-order valence-corrected chi connectivity index (χ1v) is 6.77. The summed E-state index contributed by atoms with van der Waals surface area (Å²) in [5.74, 6) is 0.973. The zero-order valence-electron chi connectivity index (χ0n) is 11.9. The second kappa shape index (κ2) is 5.61. The Balaban J connectivity index is 2.40. The Bertz CT molecular complexity index is 393. The van der Waals surface area contributed by atoms with Crippen molar-refractivity contribution in [2.24, 2.45) is 0 Å². The maximum atomic E-state index is 5.53. The highest BCUT2D eigenvalue weighted by Crippen LogP contribution is 2.33. The SMILES string of the molecule is COc1ccc(C)cc1N1C(C)CCNCC1C. The number of anilines is 1. The fraction of sp³-hybridized carbons (Fsp3) is 0.600. The van der Waals surface area contributed by atoms with E-state index in [9.17, 15) is 0 Å². The summed E-state index contributed by atoms with van der Waals surface area (Å²) in [4.78, 5) is 2.49. The molecule has 2 atom stereocenters. The van der Waals surface area contributed by atoms with Crippen molar-refractivity contribution in [2.45, 2.75) is 39.3 Å². The van der Waals surface area contributed by atoms with Crippen LogP contribution in [0.5, 0.6) is 5.75 Å². The van der Waals surface area contributed by atoms with Crippen LogP contribution >= 0.6 is 0 Å². The summed E-state index contributed by atoms with van der Waals surface area (Å²) in [5.41, 5.74) is 2.50. The molecule has 1 aliphatic heterocycles. The number of rotatable bonds is 2. The number of nitrogens with one attached hydrogen (secondary N) is 1. The minimum Gasteiger partial charge on any atom is -0.495 e. The van der Waals surface area contributed by atoms with Gasteiger partial charge in [-0.1, -0.05) is 6.07 Å². The Hall–Kier alpha value is -1.22. The molecule has 0 radical (unpaired) electrons. The maximum absolute atomic E-state index is 5.53. The summed E-state index contributed by atoms with van der Waals surface area (Å²) in [6, 6.07) is 7.43. The normalized spacial score (nSPS) is 24.8. The quantitative estimate of drug-likeness (QED) is 0.870. The van der Waals surface area contributed by atoms with E-state index in [1.54, 1.807) is 7.11 Å². The van der Waals surface area contributed by atoms with Gasteiger partial charge in [0, 0.05) is 18.6 Å². The van der Waals surface area contributed by atoms with Crippen LogP contribution in [0.4, 0.5) is 5.69 Å². The lowest BCUT2D eigenvalue weighted by Crippen LogP contribution is -2.42. The van der Waals surface area contributed by atoms with Gasteiger partial charge in [0.25, 0.3) is 0 Å². The van der Waals surface area contributed by atoms with Gasteiger partial charge in [-0.2, -0.15) is 0 Å². The molecule has 0 saturated carbocycles.